The van der Waals surface area contributed by atoms with Crippen molar-refractivity contribution >= 4 is 68.8 Å². The first kappa shape index (κ1) is 36.3. The van der Waals surface area contributed by atoms with E-state index in [1.165, 1.54) is 25.2 Å². The summed E-state index contributed by atoms with van der Waals surface area (Å²) in [4.78, 5) is 45.3. The lowest BCUT2D eigenvalue weighted by Crippen LogP contribution is -2.25. The SMILES string of the molecule is CC(=O)OCC(C=O)c1ccccc1.CNc1nnc(CCSCCc2nnc(NC(=O)C(COC(C)=O)c3ccccc3)s2)s1. The van der Waals surface area contributed by atoms with Crippen molar-refractivity contribution in [2.75, 3.05) is 42.4 Å². The fraction of sp³-hybridized carbons (Fsp3) is 0.355. The fourth-order valence-electron chi connectivity index (χ4n) is 3.81. The van der Waals surface area contributed by atoms with Gasteiger partial charge >= 0.3 is 11.9 Å². The number of thioether (sulfide) groups is 1. The Bertz CT molecular complexity index is 1520. The van der Waals surface area contributed by atoms with Gasteiger partial charge in [-0.3, -0.25) is 19.7 Å². The molecule has 0 saturated carbocycles. The summed E-state index contributed by atoms with van der Waals surface area (Å²) in [5, 5.41) is 25.4. The highest BCUT2D eigenvalue weighted by molar-refractivity contribution is 7.99. The van der Waals surface area contributed by atoms with Crippen LogP contribution in [-0.2, 0) is 41.5 Å². The van der Waals surface area contributed by atoms with Gasteiger partial charge in [-0.1, -0.05) is 83.3 Å². The Morgan fingerprint density at radius 3 is 1.83 bits per heavy atom. The smallest absolute Gasteiger partial charge is 0.302 e. The minimum absolute atomic E-state index is 0.0299. The maximum atomic E-state index is 12.8. The van der Waals surface area contributed by atoms with Crippen LogP contribution in [-0.4, -0.2) is 76.3 Å². The van der Waals surface area contributed by atoms with E-state index in [9.17, 15) is 19.2 Å². The van der Waals surface area contributed by atoms with Gasteiger partial charge in [0.05, 0.1) is 11.8 Å². The van der Waals surface area contributed by atoms with E-state index >= 15 is 0 Å². The molecule has 2 aromatic carbocycles. The van der Waals surface area contributed by atoms with E-state index in [0.29, 0.717) is 5.13 Å². The number of anilines is 2. The number of nitrogens with one attached hydrogen (secondary N) is 2. The normalized spacial score (nSPS) is 11.7. The van der Waals surface area contributed by atoms with Crippen molar-refractivity contribution < 1.29 is 28.7 Å². The molecule has 46 heavy (non-hydrogen) atoms. The van der Waals surface area contributed by atoms with Crippen LogP contribution in [0.25, 0.3) is 0 Å². The van der Waals surface area contributed by atoms with Crippen molar-refractivity contribution in [3.8, 4) is 0 Å². The molecule has 0 radical (unpaired) electrons. The van der Waals surface area contributed by atoms with Gasteiger partial charge in [-0.25, -0.2) is 0 Å². The molecule has 0 aliphatic rings. The number of benzene rings is 2. The zero-order valence-corrected chi connectivity index (χ0v) is 28.2. The van der Waals surface area contributed by atoms with Crippen LogP contribution in [0.3, 0.4) is 0 Å². The van der Waals surface area contributed by atoms with Gasteiger partial charge in [0.25, 0.3) is 0 Å². The third kappa shape index (κ3) is 13.0. The van der Waals surface area contributed by atoms with Gasteiger partial charge in [0, 0.05) is 33.7 Å². The number of ether oxygens (including phenoxy) is 2. The lowest BCUT2D eigenvalue weighted by molar-refractivity contribution is -0.143. The second-order valence-electron chi connectivity index (χ2n) is 9.58. The van der Waals surface area contributed by atoms with E-state index in [-0.39, 0.29) is 31.0 Å². The minimum atomic E-state index is -0.619. The second-order valence-corrected chi connectivity index (χ2v) is 12.9. The number of hydrogen-bond acceptors (Lipinski definition) is 14. The number of carbonyl (C=O) groups excluding carboxylic acids is 4. The van der Waals surface area contributed by atoms with Crippen LogP contribution in [0.5, 0.6) is 0 Å². The topological polar surface area (TPSA) is 162 Å². The van der Waals surface area contributed by atoms with Crippen LogP contribution in [0.2, 0.25) is 0 Å². The van der Waals surface area contributed by atoms with Crippen molar-refractivity contribution in [2.24, 2.45) is 0 Å². The molecule has 0 saturated heterocycles. The molecule has 1 amide bonds. The van der Waals surface area contributed by atoms with E-state index in [4.69, 9.17) is 9.47 Å². The van der Waals surface area contributed by atoms with Crippen LogP contribution in [0.1, 0.15) is 46.8 Å². The summed E-state index contributed by atoms with van der Waals surface area (Å²) in [5.74, 6) is -0.204. The summed E-state index contributed by atoms with van der Waals surface area (Å²) in [5.41, 5.74) is 1.63. The van der Waals surface area contributed by atoms with Gasteiger partial charge in [-0.15, -0.1) is 20.4 Å². The molecule has 2 aromatic heterocycles. The van der Waals surface area contributed by atoms with Gasteiger partial charge in [0.15, 0.2) is 0 Å². The molecular weight excluding hydrogens is 649 g/mol. The Morgan fingerprint density at radius 2 is 1.30 bits per heavy atom. The number of rotatable bonds is 16. The molecule has 0 aliphatic carbocycles. The molecule has 2 unspecified atom stereocenters. The summed E-state index contributed by atoms with van der Waals surface area (Å²) in [6.07, 6.45) is 2.44. The van der Waals surface area contributed by atoms with Gasteiger partial charge in [0.2, 0.25) is 16.2 Å². The number of aromatic nitrogens is 4. The molecule has 0 spiro atoms. The van der Waals surface area contributed by atoms with Crippen LogP contribution < -0.4 is 10.6 Å². The predicted molar refractivity (Wildman–Crippen MR) is 180 cm³/mol. The van der Waals surface area contributed by atoms with Gasteiger partial charge < -0.3 is 19.6 Å². The Kier molecular flexibility index (Phi) is 15.8. The Hall–Kier alpha value is -4.21. The largest absolute Gasteiger partial charge is 0.465 e. The summed E-state index contributed by atoms with van der Waals surface area (Å²) in [6, 6.07) is 18.5. The monoisotopic (exact) mass is 684 g/mol. The maximum Gasteiger partial charge on any atom is 0.302 e. The summed E-state index contributed by atoms with van der Waals surface area (Å²) < 4.78 is 9.87. The highest BCUT2D eigenvalue weighted by Crippen LogP contribution is 2.23. The van der Waals surface area contributed by atoms with Crippen molar-refractivity contribution in [1.82, 2.24) is 20.4 Å². The Balaban J connectivity index is 0.000000344. The third-order valence-electron chi connectivity index (χ3n) is 6.13. The molecule has 244 valence electrons. The van der Waals surface area contributed by atoms with E-state index in [1.807, 2.05) is 79.5 Å². The quantitative estimate of drug-likeness (QED) is 0.0946. The van der Waals surface area contributed by atoms with E-state index in [2.05, 4.69) is 31.0 Å². The first-order valence-corrected chi connectivity index (χ1v) is 17.1. The number of aryl methyl sites for hydroxylation is 2. The van der Waals surface area contributed by atoms with Crippen molar-refractivity contribution in [2.45, 2.75) is 38.5 Å². The first-order chi connectivity index (χ1) is 22.3. The number of esters is 2. The maximum absolute atomic E-state index is 12.8. The zero-order valence-electron chi connectivity index (χ0n) is 25.7. The molecule has 2 N–H and O–H groups in total. The lowest BCUT2D eigenvalue weighted by atomic mass is 9.99. The van der Waals surface area contributed by atoms with Crippen LogP contribution in [0.15, 0.2) is 60.7 Å². The molecule has 0 fully saturated rings. The molecular formula is C31H36N6O6S3. The van der Waals surface area contributed by atoms with Gasteiger partial charge in [-0.05, 0) is 22.6 Å². The van der Waals surface area contributed by atoms with Crippen LogP contribution in [0.4, 0.5) is 10.3 Å². The lowest BCUT2D eigenvalue weighted by Gasteiger charge is -2.15. The summed E-state index contributed by atoms with van der Waals surface area (Å²) in [7, 11) is 1.83. The number of hydrogen-bond donors (Lipinski definition) is 2. The molecule has 4 rings (SSSR count). The zero-order chi connectivity index (χ0) is 33.1. The molecule has 0 aliphatic heterocycles. The summed E-state index contributed by atoms with van der Waals surface area (Å²) in [6.45, 7) is 2.73. The minimum Gasteiger partial charge on any atom is -0.465 e. The second kappa shape index (κ2) is 20.0. The standard InChI is InChI=1S/C20H24N6O3S3.C11H12O3/c1-13(27)29-12-15(14-6-4-3-5-7-14)18(28)22-20-26-24-17(32-20)9-11-30-10-8-16-23-25-19(21-2)31-16;1-9(13)14-8-11(7-12)10-5-3-2-4-6-10/h3-7,15H,8-12H2,1-2H3,(H,21,25)(H,22,26,28);2-7,11H,8H2,1H3. The Morgan fingerprint density at radius 1 is 0.783 bits per heavy atom. The van der Waals surface area contributed by atoms with Crippen LogP contribution in [0, 0.1) is 0 Å². The average Bonchev–Trinajstić information content (AvgIpc) is 3.71. The molecule has 2 atom stereocenters. The first-order valence-electron chi connectivity index (χ1n) is 14.3. The Labute approximate surface area is 279 Å². The van der Waals surface area contributed by atoms with Crippen molar-refractivity contribution in [3.05, 3.63) is 81.8 Å². The molecule has 2 heterocycles. The van der Waals surface area contributed by atoms with E-state index < -0.39 is 11.9 Å². The number of aldehydes is 1. The van der Waals surface area contributed by atoms with E-state index in [1.54, 1.807) is 11.3 Å². The van der Waals surface area contributed by atoms with Crippen LogP contribution >= 0.6 is 34.4 Å². The average molecular weight is 685 g/mol. The molecule has 0 bridgehead atoms. The number of nitrogens with zero attached hydrogens (tertiary/aromatic N) is 4. The van der Waals surface area contributed by atoms with Gasteiger partial charge in [-0.2, -0.15) is 11.8 Å². The predicted octanol–water partition coefficient (Wildman–Crippen LogP) is 4.77. The highest BCUT2D eigenvalue weighted by Gasteiger charge is 2.23. The summed E-state index contributed by atoms with van der Waals surface area (Å²) >= 11 is 4.74. The van der Waals surface area contributed by atoms with Crippen molar-refractivity contribution in [3.63, 3.8) is 0 Å². The fourth-order valence-corrected chi connectivity index (χ4v) is 6.38. The third-order valence-corrected chi connectivity index (χ3v) is 9.01. The highest BCUT2D eigenvalue weighted by atomic mass is 32.2. The van der Waals surface area contributed by atoms with Gasteiger partial charge in [0.1, 0.15) is 29.5 Å². The van der Waals surface area contributed by atoms with Crippen molar-refractivity contribution in [1.29, 1.82) is 0 Å². The molecule has 12 nitrogen and oxygen atoms in total. The van der Waals surface area contributed by atoms with E-state index in [0.717, 1.165) is 56.9 Å². The molecule has 15 heteroatoms. The number of amides is 1. The molecule has 4 aromatic rings. The number of carbonyl (C=O) groups is 4.